The average Bonchev–Trinajstić information content (AvgIpc) is 2.44. The van der Waals surface area contributed by atoms with Crippen molar-refractivity contribution in [2.45, 2.75) is 39.8 Å². The molecule has 92 valence electrons. The van der Waals surface area contributed by atoms with Gasteiger partial charge in [0.1, 0.15) is 0 Å². The maximum atomic E-state index is 9.69. The number of aryl methyl sites for hydroxylation is 2. The first-order valence-electron chi connectivity index (χ1n) is 5.87. The second-order valence-electron chi connectivity index (χ2n) is 4.83. The number of aliphatic hydroxyl groups excluding tert-OH is 1. The summed E-state index contributed by atoms with van der Waals surface area (Å²) in [4.78, 5) is 0. The normalized spacial score (nSPS) is 13.4. The third-order valence-corrected chi connectivity index (χ3v) is 2.55. The van der Waals surface area contributed by atoms with Gasteiger partial charge in [0.2, 0.25) is 0 Å². The summed E-state index contributed by atoms with van der Waals surface area (Å²) in [5.41, 5.74) is 2.24. The van der Waals surface area contributed by atoms with Crippen LogP contribution in [-0.2, 0) is 13.6 Å². The fourth-order valence-electron chi connectivity index (χ4n) is 1.82. The van der Waals surface area contributed by atoms with Crippen LogP contribution in [0.5, 0.6) is 0 Å². The van der Waals surface area contributed by atoms with Crippen molar-refractivity contribution in [3.8, 4) is 0 Å². The van der Waals surface area contributed by atoms with Crippen LogP contribution in [0.1, 0.15) is 31.5 Å². The first-order chi connectivity index (χ1) is 7.49. The molecule has 1 unspecified atom stereocenters. The van der Waals surface area contributed by atoms with Crippen LogP contribution in [0.25, 0.3) is 0 Å². The van der Waals surface area contributed by atoms with E-state index in [1.165, 1.54) is 5.56 Å². The number of hydrogen-bond donors (Lipinski definition) is 2. The Morgan fingerprint density at radius 3 is 2.69 bits per heavy atom. The van der Waals surface area contributed by atoms with Crippen LogP contribution >= 0.6 is 0 Å². The summed E-state index contributed by atoms with van der Waals surface area (Å²) >= 11 is 0. The van der Waals surface area contributed by atoms with Crippen molar-refractivity contribution in [3.63, 3.8) is 0 Å². The highest BCUT2D eigenvalue weighted by atomic mass is 16.3. The van der Waals surface area contributed by atoms with Gasteiger partial charge in [-0.25, -0.2) is 0 Å². The minimum absolute atomic E-state index is 0.253. The van der Waals surface area contributed by atoms with Crippen LogP contribution in [0.15, 0.2) is 6.20 Å². The molecule has 0 aromatic carbocycles. The molecule has 0 aliphatic rings. The molecule has 0 amide bonds. The Morgan fingerprint density at radius 1 is 1.50 bits per heavy atom. The molecule has 0 spiro atoms. The Hall–Kier alpha value is -0.870. The topological polar surface area (TPSA) is 50.1 Å². The molecule has 0 saturated heterocycles. The smallest absolute Gasteiger partial charge is 0.0667 e. The Balaban J connectivity index is 2.27. The van der Waals surface area contributed by atoms with E-state index in [-0.39, 0.29) is 6.10 Å². The lowest BCUT2D eigenvalue weighted by Gasteiger charge is -2.13. The third kappa shape index (κ3) is 4.33. The predicted octanol–water partition coefficient (Wildman–Crippen LogP) is 1.23. The van der Waals surface area contributed by atoms with Crippen LogP contribution in [0.2, 0.25) is 0 Å². The quantitative estimate of drug-likeness (QED) is 0.765. The Labute approximate surface area is 97.7 Å². The third-order valence-electron chi connectivity index (χ3n) is 2.55. The van der Waals surface area contributed by atoms with Gasteiger partial charge in [0.25, 0.3) is 0 Å². The van der Waals surface area contributed by atoms with Gasteiger partial charge in [-0.3, -0.25) is 4.68 Å². The lowest BCUT2D eigenvalue weighted by atomic mass is 10.1. The Morgan fingerprint density at radius 2 is 2.19 bits per heavy atom. The number of aliphatic hydroxyl groups is 1. The van der Waals surface area contributed by atoms with Gasteiger partial charge in [-0.2, -0.15) is 5.10 Å². The maximum absolute atomic E-state index is 9.69. The van der Waals surface area contributed by atoms with Gasteiger partial charge in [0, 0.05) is 31.9 Å². The summed E-state index contributed by atoms with van der Waals surface area (Å²) in [6, 6.07) is 0. The molecule has 0 bridgehead atoms. The van der Waals surface area contributed by atoms with E-state index in [9.17, 15) is 5.11 Å². The van der Waals surface area contributed by atoms with E-state index in [0.717, 1.165) is 18.7 Å². The summed E-state index contributed by atoms with van der Waals surface area (Å²) in [6.45, 7) is 7.66. The number of nitrogens with zero attached hydrogens (tertiary/aromatic N) is 2. The summed E-state index contributed by atoms with van der Waals surface area (Å²) in [5.74, 6) is 0.539. The largest absolute Gasteiger partial charge is 0.392 e. The molecule has 0 saturated carbocycles. The van der Waals surface area contributed by atoms with Crippen molar-refractivity contribution in [2.75, 3.05) is 6.54 Å². The molecule has 1 aromatic heterocycles. The van der Waals surface area contributed by atoms with Gasteiger partial charge in [-0.15, -0.1) is 0 Å². The molecule has 16 heavy (non-hydrogen) atoms. The Kier molecular flexibility index (Phi) is 4.96. The summed E-state index contributed by atoms with van der Waals surface area (Å²) < 4.78 is 1.82. The van der Waals surface area contributed by atoms with E-state index in [0.29, 0.717) is 12.5 Å². The summed E-state index contributed by atoms with van der Waals surface area (Å²) in [6.07, 6.45) is 2.60. The van der Waals surface area contributed by atoms with Gasteiger partial charge in [0.05, 0.1) is 11.8 Å². The van der Waals surface area contributed by atoms with Crippen molar-refractivity contribution < 1.29 is 5.11 Å². The molecule has 1 atom stereocenters. The minimum Gasteiger partial charge on any atom is -0.392 e. The number of aromatic nitrogens is 2. The lowest BCUT2D eigenvalue weighted by Crippen LogP contribution is -2.27. The second kappa shape index (κ2) is 6.01. The molecule has 0 aliphatic carbocycles. The molecule has 0 fully saturated rings. The molecular formula is C12H23N3O. The summed E-state index contributed by atoms with van der Waals surface area (Å²) in [5, 5.41) is 17.2. The van der Waals surface area contributed by atoms with E-state index in [4.69, 9.17) is 0 Å². The molecule has 0 radical (unpaired) electrons. The number of rotatable bonds is 6. The summed E-state index contributed by atoms with van der Waals surface area (Å²) in [7, 11) is 1.92. The molecule has 1 heterocycles. The van der Waals surface area contributed by atoms with E-state index in [1.54, 1.807) is 0 Å². The lowest BCUT2D eigenvalue weighted by molar-refractivity contribution is 0.146. The van der Waals surface area contributed by atoms with Gasteiger partial charge in [-0.1, -0.05) is 13.8 Å². The van der Waals surface area contributed by atoms with Crippen molar-refractivity contribution in [1.82, 2.24) is 15.1 Å². The SMILES string of the molecule is Cc1nn(C)cc1CNCC(O)CC(C)C. The van der Waals surface area contributed by atoms with Crippen LogP contribution in [-0.4, -0.2) is 27.5 Å². The maximum Gasteiger partial charge on any atom is 0.0667 e. The average molecular weight is 225 g/mol. The van der Waals surface area contributed by atoms with Crippen LogP contribution in [0.3, 0.4) is 0 Å². The molecule has 4 nitrogen and oxygen atoms in total. The fourth-order valence-corrected chi connectivity index (χ4v) is 1.82. The highest BCUT2D eigenvalue weighted by Crippen LogP contribution is 2.05. The van der Waals surface area contributed by atoms with E-state index in [2.05, 4.69) is 24.3 Å². The monoisotopic (exact) mass is 225 g/mol. The first-order valence-corrected chi connectivity index (χ1v) is 5.87. The molecule has 4 heteroatoms. The van der Waals surface area contributed by atoms with E-state index in [1.807, 2.05) is 24.9 Å². The van der Waals surface area contributed by atoms with Crippen molar-refractivity contribution in [2.24, 2.45) is 13.0 Å². The zero-order chi connectivity index (χ0) is 12.1. The van der Waals surface area contributed by atoms with E-state index >= 15 is 0 Å². The van der Waals surface area contributed by atoms with Crippen LogP contribution in [0.4, 0.5) is 0 Å². The van der Waals surface area contributed by atoms with Crippen LogP contribution < -0.4 is 5.32 Å². The second-order valence-corrected chi connectivity index (χ2v) is 4.83. The molecule has 1 rings (SSSR count). The zero-order valence-electron chi connectivity index (χ0n) is 10.7. The molecular weight excluding hydrogens is 202 g/mol. The molecule has 0 aliphatic heterocycles. The van der Waals surface area contributed by atoms with Crippen molar-refractivity contribution in [1.29, 1.82) is 0 Å². The van der Waals surface area contributed by atoms with Crippen molar-refractivity contribution in [3.05, 3.63) is 17.5 Å². The van der Waals surface area contributed by atoms with E-state index < -0.39 is 0 Å². The minimum atomic E-state index is -0.253. The zero-order valence-corrected chi connectivity index (χ0v) is 10.7. The van der Waals surface area contributed by atoms with Gasteiger partial charge < -0.3 is 10.4 Å². The standard InChI is InChI=1S/C12H23N3O/c1-9(2)5-12(16)7-13-6-11-8-15(4)14-10(11)3/h8-9,12-13,16H,5-7H2,1-4H3. The number of hydrogen-bond acceptors (Lipinski definition) is 3. The molecule has 2 N–H and O–H groups in total. The Bertz CT molecular complexity index is 320. The van der Waals surface area contributed by atoms with Gasteiger partial charge in [0.15, 0.2) is 0 Å². The highest BCUT2D eigenvalue weighted by molar-refractivity contribution is 5.14. The predicted molar refractivity (Wildman–Crippen MR) is 65.1 cm³/mol. The fraction of sp³-hybridized carbons (Fsp3) is 0.750. The highest BCUT2D eigenvalue weighted by Gasteiger charge is 2.07. The first kappa shape index (κ1) is 13.2. The molecule has 1 aromatic rings. The van der Waals surface area contributed by atoms with Crippen molar-refractivity contribution >= 4 is 0 Å². The van der Waals surface area contributed by atoms with Gasteiger partial charge >= 0.3 is 0 Å². The van der Waals surface area contributed by atoms with Crippen LogP contribution in [0, 0.1) is 12.8 Å². The number of nitrogens with one attached hydrogen (secondary N) is 1. The van der Waals surface area contributed by atoms with Gasteiger partial charge in [-0.05, 0) is 19.3 Å².